The molecular formula is C32H54N2+2. The van der Waals surface area contributed by atoms with E-state index in [4.69, 9.17) is 0 Å². The van der Waals surface area contributed by atoms with Crippen molar-refractivity contribution >= 4 is 0 Å². The lowest BCUT2D eigenvalue weighted by atomic mass is 10.1. The lowest BCUT2D eigenvalue weighted by molar-refractivity contribution is -0.697. The molecule has 0 saturated carbocycles. The fraction of sp³-hybridized carbons (Fsp3) is 0.688. The highest BCUT2D eigenvalue weighted by Crippen LogP contribution is 2.11. The topological polar surface area (TPSA) is 7.76 Å². The van der Waals surface area contributed by atoms with Gasteiger partial charge in [-0.15, -0.1) is 0 Å². The summed E-state index contributed by atoms with van der Waals surface area (Å²) in [4.78, 5) is 0. The molecule has 0 radical (unpaired) electrons. The van der Waals surface area contributed by atoms with Gasteiger partial charge in [0.15, 0.2) is 24.8 Å². The maximum absolute atomic E-state index is 2.41. The molecular weight excluding hydrogens is 412 g/mol. The molecule has 190 valence electrons. The maximum Gasteiger partial charge on any atom is 0.171 e. The molecule has 2 aromatic heterocycles. The van der Waals surface area contributed by atoms with Crippen LogP contribution in [0.5, 0.6) is 0 Å². The molecule has 2 aromatic rings. The summed E-state index contributed by atoms with van der Waals surface area (Å²) in [7, 11) is 0. The minimum atomic E-state index is 1.18. The first-order valence-electron chi connectivity index (χ1n) is 14.8. The van der Waals surface area contributed by atoms with E-state index in [1.54, 1.807) is 0 Å². The molecule has 0 atom stereocenters. The molecule has 0 saturated heterocycles. The third-order valence-corrected chi connectivity index (χ3v) is 7.06. The molecule has 0 aliphatic heterocycles. The monoisotopic (exact) mass is 466 g/mol. The fourth-order valence-electron chi connectivity index (χ4n) is 4.89. The Labute approximate surface area is 211 Å². The van der Waals surface area contributed by atoms with Crippen molar-refractivity contribution in [3.63, 3.8) is 0 Å². The molecule has 2 heterocycles. The molecule has 34 heavy (non-hydrogen) atoms. The van der Waals surface area contributed by atoms with Crippen LogP contribution in [0.4, 0.5) is 0 Å². The van der Waals surface area contributed by atoms with Gasteiger partial charge in [0, 0.05) is 36.1 Å². The number of hydrogen-bond acceptors (Lipinski definition) is 0. The van der Waals surface area contributed by atoms with Gasteiger partial charge in [-0.3, -0.25) is 0 Å². The summed E-state index contributed by atoms with van der Waals surface area (Å²) in [6, 6.07) is 9.04. The van der Waals surface area contributed by atoms with E-state index in [1.807, 2.05) is 0 Å². The molecule has 0 N–H and O–H groups in total. The third-order valence-electron chi connectivity index (χ3n) is 7.06. The SMILES string of the molecule is CCCCCc1ccc[n+](CCCCCCCCCCCC[n+]2cccc(CCCCC)c2)c1. The molecule has 0 unspecified atom stereocenters. The van der Waals surface area contributed by atoms with Gasteiger partial charge in [-0.05, 0) is 50.7 Å². The predicted octanol–water partition coefficient (Wildman–Crippen LogP) is 8.33. The Kier molecular flexibility index (Phi) is 16.4. The Morgan fingerprint density at radius 1 is 0.471 bits per heavy atom. The summed E-state index contributed by atoms with van der Waals surface area (Å²) >= 11 is 0. The minimum absolute atomic E-state index is 1.18. The van der Waals surface area contributed by atoms with Crippen LogP contribution < -0.4 is 9.13 Å². The second-order valence-electron chi connectivity index (χ2n) is 10.3. The molecule has 2 rings (SSSR count). The molecule has 0 fully saturated rings. The quantitative estimate of drug-likeness (QED) is 0.129. The molecule has 0 bridgehead atoms. The van der Waals surface area contributed by atoms with Gasteiger partial charge in [-0.2, -0.15) is 0 Å². The van der Waals surface area contributed by atoms with Gasteiger partial charge in [0.1, 0.15) is 13.1 Å². The van der Waals surface area contributed by atoms with Gasteiger partial charge < -0.3 is 0 Å². The van der Waals surface area contributed by atoms with Crippen LogP contribution in [-0.2, 0) is 25.9 Å². The highest BCUT2D eigenvalue weighted by Gasteiger charge is 2.04. The van der Waals surface area contributed by atoms with E-state index in [9.17, 15) is 0 Å². The zero-order chi connectivity index (χ0) is 24.1. The van der Waals surface area contributed by atoms with Crippen molar-refractivity contribution in [1.82, 2.24) is 0 Å². The van der Waals surface area contributed by atoms with Gasteiger partial charge in [0.05, 0.1) is 0 Å². The van der Waals surface area contributed by atoms with Crippen LogP contribution in [0.15, 0.2) is 49.1 Å². The van der Waals surface area contributed by atoms with Gasteiger partial charge in [0.25, 0.3) is 0 Å². The predicted molar refractivity (Wildman–Crippen MR) is 146 cm³/mol. The Morgan fingerprint density at radius 3 is 1.24 bits per heavy atom. The van der Waals surface area contributed by atoms with Crippen molar-refractivity contribution in [2.75, 3.05) is 0 Å². The molecule has 0 amide bonds. The largest absolute Gasteiger partial charge is 0.205 e. The Morgan fingerprint density at radius 2 is 0.853 bits per heavy atom. The summed E-state index contributed by atoms with van der Waals surface area (Å²) in [6.45, 7) is 6.92. The summed E-state index contributed by atoms with van der Waals surface area (Å²) in [6.07, 6.45) is 33.6. The van der Waals surface area contributed by atoms with Crippen LogP contribution in [0, 0.1) is 0 Å². The van der Waals surface area contributed by atoms with Gasteiger partial charge in [-0.1, -0.05) is 78.1 Å². The standard InChI is InChI=1S/C32H54N2/c1-3-5-15-21-31-23-19-27-33(29-31)25-17-13-11-9-7-8-10-12-14-18-26-34-28-20-24-32(30-34)22-16-6-4-2/h19-20,23-24,27-30H,3-18,21-22,25-26H2,1-2H3/q+2. The molecule has 0 aliphatic carbocycles. The van der Waals surface area contributed by atoms with E-state index in [2.05, 4.69) is 72.0 Å². The number of pyridine rings is 2. The highest BCUT2D eigenvalue weighted by atomic mass is 14.9. The fourth-order valence-corrected chi connectivity index (χ4v) is 4.89. The van der Waals surface area contributed by atoms with Gasteiger partial charge in [0.2, 0.25) is 0 Å². The molecule has 0 spiro atoms. The lowest BCUT2D eigenvalue weighted by Crippen LogP contribution is -2.33. The van der Waals surface area contributed by atoms with Crippen LogP contribution >= 0.6 is 0 Å². The summed E-state index contributed by atoms with van der Waals surface area (Å²) in [5.41, 5.74) is 3.01. The first-order chi connectivity index (χ1) is 16.8. The van der Waals surface area contributed by atoms with E-state index in [1.165, 1.54) is 140 Å². The zero-order valence-electron chi connectivity index (χ0n) is 22.7. The van der Waals surface area contributed by atoms with Crippen LogP contribution in [0.2, 0.25) is 0 Å². The lowest BCUT2D eigenvalue weighted by Gasteiger charge is -2.03. The normalized spacial score (nSPS) is 11.2. The number of nitrogens with zero attached hydrogens (tertiary/aromatic N) is 2. The highest BCUT2D eigenvalue weighted by molar-refractivity contribution is 5.05. The van der Waals surface area contributed by atoms with Gasteiger partial charge in [-0.25, -0.2) is 9.13 Å². The number of hydrogen-bond donors (Lipinski definition) is 0. The van der Waals surface area contributed by atoms with Crippen LogP contribution in [-0.4, -0.2) is 0 Å². The van der Waals surface area contributed by atoms with Gasteiger partial charge >= 0.3 is 0 Å². The van der Waals surface area contributed by atoms with E-state index >= 15 is 0 Å². The summed E-state index contributed by atoms with van der Waals surface area (Å²) in [5, 5.41) is 0. The first-order valence-corrected chi connectivity index (χ1v) is 14.8. The smallest absolute Gasteiger partial charge is 0.171 e. The van der Waals surface area contributed by atoms with Crippen molar-refractivity contribution in [2.24, 2.45) is 0 Å². The first kappa shape index (κ1) is 28.5. The number of unbranched alkanes of at least 4 members (excludes halogenated alkanes) is 13. The molecule has 0 aliphatic rings. The second-order valence-corrected chi connectivity index (χ2v) is 10.3. The van der Waals surface area contributed by atoms with Crippen molar-refractivity contribution in [1.29, 1.82) is 0 Å². The molecule has 2 heteroatoms. The number of aromatic nitrogens is 2. The van der Waals surface area contributed by atoms with Crippen molar-refractivity contribution in [3.05, 3.63) is 60.2 Å². The Bertz CT molecular complexity index is 676. The van der Waals surface area contributed by atoms with Crippen LogP contribution in [0.3, 0.4) is 0 Å². The summed E-state index contributed by atoms with van der Waals surface area (Å²) < 4.78 is 4.81. The number of aryl methyl sites for hydroxylation is 4. The Hall–Kier alpha value is -1.70. The Balaban J connectivity index is 1.41. The van der Waals surface area contributed by atoms with Crippen LogP contribution in [0.1, 0.15) is 128 Å². The van der Waals surface area contributed by atoms with E-state index in [0.717, 1.165) is 0 Å². The minimum Gasteiger partial charge on any atom is -0.205 e. The summed E-state index contributed by atoms with van der Waals surface area (Å²) in [5.74, 6) is 0. The maximum atomic E-state index is 2.41. The second kappa shape index (κ2) is 19.6. The average Bonchev–Trinajstić information content (AvgIpc) is 2.86. The van der Waals surface area contributed by atoms with E-state index in [-0.39, 0.29) is 0 Å². The van der Waals surface area contributed by atoms with E-state index in [0.29, 0.717) is 0 Å². The van der Waals surface area contributed by atoms with E-state index < -0.39 is 0 Å². The van der Waals surface area contributed by atoms with Crippen molar-refractivity contribution < 1.29 is 9.13 Å². The van der Waals surface area contributed by atoms with Crippen molar-refractivity contribution in [3.8, 4) is 0 Å². The number of rotatable bonds is 21. The third kappa shape index (κ3) is 13.9. The zero-order valence-corrected chi connectivity index (χ0v) is 22.7. The molecule has 0 aromatic carbocycles. The molecule has 2 nitrogen and oxygen atoms in total. The van der Waals surface area contributed by atoms with Crippen molar-refractivity contribution in [2.45, 2.75) is 143 Å². The van der Waals surface area contributed by atoms with Crippen LogP contribution in [0.25, 0.3) is 0 Å². The average molecular weight is 467 g/mol.